The molecule has 6 heteroatoms. The third-order valence-corrected chi connectivity index (χ3v) is 2.90. The molecule has 0 aliphatic carbocycles. The Hall–Kier alpha value is -2.45. The van der Waals surface area contributed by atoms with Gasteiger partial charge in [-0.15, -0.1) is 0 Å². The van der Waals surface area contributed by atoms with Crippen LogP contribution in [0.15, 0.2) is 30.5 Å². The van der Waals surface area contributed by atoms with Crippen molar-refractivity contribution in [2.75, 3.05) is 12.8 Å². The van der Waals surface area contributed by atoms with Gasteiger partial charge in [0.2, 0.25) is 0 Å². The number of nitrogen functional groups attached to an aromatic ring is 1. The summed E-state index contributed by atoms with van der Waals surface area (Å²) in [7, 11) is 1.26. The van der Waals surface area contributed by atoms with Crippen LogP contribution >= 0.6 is 11.6 Å². The lowest BCUT2D eigenvalue weighted by atomic mass is 10.2. The summed E-state index contributed by atoms with van der Waals surface area (Å²) in [6.07, 6.45) is 1.49. The summed E-state index contributed by atoms with van der Waals surface area (Å²) >= 11 is 5.81. The maximum Gasteiger partial charge on any atom is 0.357 e. The van der Waals surface area contributed by atoms with Gasteiger partial charge < -0.3 is 15.0 Å². The second kappa shape index (κ2) is 5.04. The lowest BCUT2D eigenvalue weighted by molar-refractivity contribution is 0.0593. The van der Waals surface area contributed by atoms with Gasteiger partial charge in [0.1, 0.15) is 6.07 Å². The first kappa shape index (κ1) is 13.0. The molecule has 0 radical (unpaired) electrons. The molecule has 2 rings (SSSR count). The Morgan fingerprint density at radius 2 is 2.05 bits per heavy atom. The first-order chi connectivity index (χ1) is 9.08. The first-order valence-electron chi connectivity index (χ1n) is 5.33. The highest BCUT2D eigenvalue weighted by atomic mass is 35.5. The number of aromatic nitrogens is 1. The number of carbonyl (C=O) groups is 1. The van der Waals surface area contributed by atoms with Crippen LogP contribution in [0.25, 0.3) is 5.69 Å². The summed E-state index contributed by atoms with van der Waals surface area (Å²) in [5.41, 5.74) is 6.90. The van der Waals surface area contributed by atoms with E-state index in [2.05, 4.69) is 4.74 Å². The summed E-state index contributed by atoms with van der Waals surface area (Å²) < 4.78 is 6.20. The van der Waals surface area contributed by atoms with Gasteiger partial charge in [-0.25, -0.2) is 4.79 Å². The molecule has 0 aliphatic rings. The van der Waals surface area contributed by atoms with E-state index >= 15 is 0 Å². The number of ether oxygens (including phenoxy) is 1. The van der Waals surface area contributed by atoms with E-state index in [0.29, 0.717) is 10.7 Å². The molecule has 5 nitrogen and oxygen atoms in total. The number of anilines is 1. The van der Waals surface area contributed by atoms with Crippen LogP contribution in [0.2, 0.25) is 5.02 Å². The van der Waals surface area contributed by atoms with Crippen molar-refractivity contribution in [3.63, 3.8) is 0 Å². The van der Waals surface area contributed by atoms with Crippen LogP contribution in [0.5, 0.6) is 0 Å². The van der Waals surface area contributed by atoms with Crippen molar-refractivity contribution < 1.29 is 9.53 Å². The number of carbonyl (C=O) groups excluding carboxylic acids is 1. The topological polar surface area (TPSA) is 81.0 Å². The fraction of sp³-hybridized carbons (Fsp3) is 0.0769. The molecular weight excluding hydrogens is 266 g/mol. The van der Waals surface area contributed by atoms with E-state index in [1.54, 1.807) is 24.3 Å². The van der Waals surface area contributed by atoms with Crippen LogP contribution in [0.1, 0.15) is 16.1 Å². The summed E-state index contributed by atoms with van der Waals surface area (Å²) in [6, 6.07) is 8.73. The monoisotopic (exact) mass is 275 g/mol. The Balaban J connectivity index is 2.66. The number of hydrogen-bond donors (Lipinski definition) is 1. The van der Waals surface area contributed by atoms with Crippen molar-refractivity contribution in [3.05, 3.63) is 46.7 Å². The van der Waals surface area contributed by atoms with Crippen LogP contribution in [-0.4, -0.2) is 17.6 Å². The highest BCUT2D eigenvalue weighted by Crippen LogP contribution is 2.25. The molecule has 0 bridgehead atoms. The second-order valence-corrected chi connectivity index (χ2v) is 4.19. The summed E-state index contributed by atoms with van der Waals surface area (Å²) in [5.74, 6) is -0.603. The van der Waals surface area contributed by atoms with Crippen molar-refractivity contribution in [3.8, 4) is 11.8 Å². The van der Waals surface area contributed by atoms with Gasteiger partial charge in [-0.05, 0) is 24.3 Å². The number of esters is 1. The third-order valence-electron chi connectivity index (χ3n) is 2.65. The van der Waals surface area contributed by atoms with Gasteiger partial charge in [0, 0.05) is 16.9 Å². The van der Waals surface area contributed by atoms with Crippen molar-refractivity contribution in [2.45, 2.75) is 0 Å². The third kappa shape index (κ3) is 2.26. The van der Waals surface area contributed by atoms with Gasteiger partial charge in [-0.1, -0.05) is 11.6 Å². The molecule has 96 valence electrons. The zero-order valence-corrected chi connectivity index (χ0v) is 10.8. The predicted octanol–water partition coefficient (Wildman–Crippen LogP) is 2.37. The van der Waals surface area contributed by atoms with Gasteiger partial charge >= 0.3 is 5.97 Å². The van der Waals surface area contributed by atoms with Crippen molar-refractivity contribution in [1.82, 2.24) is 4.57 Å². The summed E-state index contributed by atoms with van der Waals surface area (Å²) in [4.78, 5) is 11.8. The maximum atomic E-state index is 11.8. The van der Waals surface area contributed by atoms with E-state index in [-0.39, 0.29) is 16.9 Å². The number of methoxy groups -OCH3 is 1. The molecule has 2 N–H and O–H groups in total. The lowest BCUT2D eigenvalue weighted by Gasteiger charge is -2.08. The Bertz CT molecular complexity index is 668. The predicted molar refractivity (Wildman–Crippen MR) is 71.2 cm³/mol. The van der Waals surface area contributed by atoms with Gasteiger partial charge in [-0.2, -0.15) is 5.26 Å². The van der Waals surface area contributed by atoms with Gasteiger partial charge in [-0.3, -0.25) is 0 Å². The number of nitriles is 1. The number of nitrogens with two attached hydrogens (primary N) is 1. The Morgan fingerprint density at radius 3 is 2.58 bits per heavy atom. The van der Waals surface area contributed by atoms with Crippen molar-refractivity contribution >= 4 is 23.3 Å². The van der Waals surface area contributed by atoms with E-state index in [1.165, 1.54) is 17.9 Å². The molecule has 0 spiro atoms. The second-order valence-electron chi connectivity index (χ2n) is 3.75. The minimum atomic E-state index is -0.603. The van der Waals surface area contributed by atoms with E-state index in [0.717, 1.165) is 0 Å². The number of benzene rings is 1. The molecule has 0 saturated carbocycles. The fourth-order valence-corrected chi connectivity index (χ4v) is 1.85. The van der Waals surface area contributed by atoms with Gasteiger partial charge in [0.15, 0.2) is 5.69 Å². The van der Waals surface area contributed by atoms with E-state index in [1.807, 2.05) is 6.07 Å². The lowest BCUT2D eigenvalue weighted by Crippen LogP contribution is -2.10. The van der Waals surface area contributed by atoms with Crippen molar-refractivity contribution in [1.29, 1.82) is 5.26 Å². The normalized spacial score (nSPS) is 9.95. The Morgan fingerprint density at radius 1 is 1.42 bits per heavy atom. The Labute approximate surface area is 114 Å². The largest absolute Gasteiger partial charge is 0.464 e. The first-order valence-corrected chi connectivity index (χ1v) is 5.71. The summed E-state index contributed by atoms with van der Waals surface area (Å²) in [6.45, 7) is 0. The van der Waals surface area contributed by atoms with Crippen LogP contribution in [-0.2, 0) is 4.74 Å². The number of halogens is 1. The molecular formula is C13H10ClN3O2. The minimum absolute atomic E-state index is 0.101. The molecule has 0 aliphatic heterocycles. The molecule has 1 aromatic carbocycles. The van der Waals surface area contributed by atoms with Crippen molar-refractivity contribution in [2.24, 2.45) is 0 Å². The van der Waals surface area contributed by atoms with E-state index in [4.69, 9.17) is 22.6 Å². The quantitative estimate of drug-likeness (QED) is 0.853. The van der Waals surface area contributed by atoms with Gasteiger partial charge in [0.25, 0.3) is 0 Å². The molecule has 0 fully saturated rings. The van der Waals surface area contributed by atoms with Crippen LogP contribution in [0.3, 0.4) is 0 Å². The molecule has 0 amide bonds. The molecule has 0 saturated heterocycles. The van der Waals surface area contributed by atoms with Crippen LogP contribution < -0.4 is 5.73 Å². The number of rotatable bonds is 2. The van der Waals surface area contributed by atoms with E-state index < -0.39 is 5.97 Å². The molecule has 19 heavy (non-hydrogen) atoms. The zero-order chi connectivity index (χ0) is 14.0. The molecule has 0 atom stereocenters. The standard InChI is InChI=1S/C13H10ClN3O2/c1-19-13(18)12-11(16)8(6-15)7-17(12)10-4-2-9(14)3-5-10/h2-5,7H,16H2,1H3. The van der Waals surface area contributed by atoms with Crippen LogP contribution in [0.4, 0.5) is 5.69 Å². The zero-order valence-electron chi connectivity index (χ0n) is 10.1. The minimum Gasteiger partial charge on any atom is -0.464 e. The number of nitrogens with zero attached hydrogens (tertiary/aromatic N) is 2. The smallest absolute Gasteiger partial charge is 0.357 e. The SMILES string of the molecule is COC(=O)c1c(N)c(C#N)cn1-c1ccc(Cl)cc1. The summed E-state index contributed by atoms with van der Waals surface area (Å²) in [5, 5.41) is 9.56. The highest BCUT2D eigenvalue weighted by Gasteiger charge is 2.21. The van der Waals surface area contributed by atoms with Crippen LogP contribution in [0, 0.1) is 11.3 Å². The molecule has 1 aromatic heterocycles. The van der Waals surface area contributed by atoms with E-state index in [9.17, 15) is 4.79 Å². The molecule has 0 unspecified atom stereocenters. The average Bonchev–Trinajstić information content (AvgIpc) is 2.75. The molecule has 2 aromatic rings. The highest BCUT2D eigenvalue weighted by molar-refractivity contribution is 6.30. The molecule has 1 heterocycles. The number of hydrogen-bond acceptors (Lipinski definition) is 4. The fourth-order valence-electron chi connectivity index (χ4n) is 1.72. The Kier molecular flexibility index (Phi) is 3.45. The maximum absolute atomic E-state index is 11.8. The van der Waals surface area contributed by atoms with Gasteiger partial charge in [0.05, 0.1) is 18.4 Å². The average molecular weight is 276 g/mol.